The zero-order valence-corrected chi connectivity index (χ0v) is 16.0. The van der Waals surface area contributed by atoms with Crippen molar-refractivity contribution in [3.8, 4) is 17.0 Å². The van der Waals surface area contributed by atoms with E-state index < -0.39 is 0 Å². The van der Waals surface area contributed by atoms with Gasteiger partial charge in [0.2, 0.25) is 0 Å². The van der Waals surface area contributed by atoms with Crippen LogP contribution >= 0.6 is 0 Å². The van der Waals surface area contributed by atoms with Crippen molar-refractivity contribution in [1.82, 2.24) is 14.7 Å². The molecule has 1 aromatic heterocycles. The smallest absolute Gasteiger partial charge is 0.268 e. The maximum atomic E-state index is 12.3. The van der Waals surface area contributed by atoms with Gasteiger partial charge in [0.25, 0.3) is 5.56 Å². The summed E-state index contributed by atoms with van der Waals surface area (Å²) < 4.78 is 6.76. The van der Waals surface area contributed by atoms with Gasteiger partial charge in [0.05, 0.1) is 19.5 Å². The van der Waals surface area contributed by atoms with Gasteiger partial charge >= 0.3 is 0 Å². The average molecular weight is 376 g/mol. The molecule has 0 radical (unpaired) electrons. The largest absolute Gasteiger partial charge is 0.497 e. The highest BCUT2D eigenvalue weighted by Gasteiger charge is 2.18. The van der Waals surface area contributed by atoms with Crippen LogP contribution in [0.15, 0.2) is 71.5 Å². The molecule has 2 heterocycles. The van der Waals surface area contributed by atoms with Crippen LogP contribution in [0.3, 0.4) is 0 Å². The second-order valence-electron chi connectivity index (χ2n) is 6.87. The average Bonchev–Trinajstić information content (AvgIpc) is 2.76. The summed E-state index contributed by atoms with van der Waals surface area (Å²) >= 11 is 0. The van der Waals surface area contributed by atoms with Crippen molar-refractivity contribution >= 4 is 5.69 Å². The van der Waals surface area contributed by atoms with E-state index in [0.717, 1.165) is 43.2 Å². The zero-order chi connectivity index (χ0) is 19.3. The molecule has 1 aliphatic heterocycles. The Labute approximate surface area is 164 Å². The standard InChI is InChI=1S/C22H24N4O2/c1-28-20-9-7-18(8-10-20)21-11-12-22(27)26(23-21)17-24-13-15-25(16-14-24)19-5-3-2-4-6-19/h2-12H,13-17H2,1H3. The molecule has 0 bridgehead atoms. The number of methoxy groups -OCH3 is 1. The van der Waals surface area contributed by atoms with Gasteiger partial charge in [-0.3, -0.25) is 9.69 Å². The van der Waals surface area contributed by atoms with Gasteiger partial charge in [-0.25, -0.2) is 4.68 Å². The normalized spacial score (nSPS) is 14.8. The SMILES string of the molecule is COc1ccc(-c2ccc(=O)n(CN3CCN(c4ccccc4)CC3)n2)cc1. The van der Waals surface area contributed by atoms with Crippen molar-refractivity contribution in [3.63, 3.8) is 0 Å². The van der Waals surface area contributed by atoms with E-state index in [2.05, 4.69) is 39.2 Å². The summed E-state index contributed by atoms with van der Waals surface area (Å²) in [4.78, 5) is 17.0. The number of aromatic nitrogens is 2. The molecule has 1 fully saturated rings. The van der Waals surface area contributed by atoms with Gasteiger partial charge in [0, 0.05) is 43.5 Å². The first-order valence-corrected chi connectivity index (χ1v) is 9.48. The molecule has 0 N–H and O–H groups in total. The summed E-state index contributed by atoms with van der Waals surface area (Å²) in [6, 6.07) is 21.5. The lowest BCUT2D eigenvalue weighted by molar-refractivity contribution is 0.192. The zero-order valence-electron chi connectivity index (χ0n) is 16.0. The molecular weight excluding hydrogens is 352 g/mol. The number of para-hydroxylation sites is 1. The van der Waals surface area contributed by atoms with E-state index in [0.29, 0.717) is 6.67 Å². The Balaban J connectivity index is 1.44. The van der Waals surface area contributed by atoms with E-state index >= 15 is 0 Å². The molecule has 0 unspecified atom stereocenters. The first-order valence-electron chi connectivity index (χ1n) is 9.48. The monoisotopic (exact) mass is 376 g/mol. The number of nitrogens with zero attached hydrogens (tertiary/aromatic N) is 4. The quantitative estimate of drug-likeness (QED) is 0.685. The summed E-state index contributed by atoms with van der Waals surface area (Å²) in [5, 5.41) is 4.58. The van der Waals surface area contributed by atoms with Gasteiger partial charge in [-0.1, -0.05) is 18.2 Å². The number of hydrogen-bond donors (Lipinski definition) is 0. The topological polar surface area (TPSA) is 50.6 Å². The Morgan fingerprint density at radius 1 is 0.893 bits per heavy atom. The third kappa shape index (κ3) is 4.07. The lowest BCUT2D eigenvalue weighted by Gasteiger charge is -2.36. The summed E-state index contributed by atoms with van der Waals surface area (Å²) in [5.74, 6) is 0.799. The van der Waals surface area contributed by atoms with Crippen molar-refractivity contribution in [2.75, 3.05) is 38.2 Å². The van der Waals surface area contributed by atoms with Crippen molar-refractivity contribution in [2.45, 2.75) is 6.67 Å². The number of hydrogen-bond acceptors (Lipinski definition) is 5. The fourth-order valence-electron chi connectivity index (χ4n) is 3.44. The number of ether oxygens (including phenoxy) is 1. The van der Waals surface area contributed by atoms with Gasteiger partial charge in [0.1, 0.15) is 5.75 Å². The van der Waals surface area contributed by atoms with Crippen molar-refractivity contribution in [2.24, 2.45) is 0 Å². The van der Waals surface area contributed by atoms with Crippen molar-refractivity contribution in [3.05, 3.63) is 77.1 Å². The summed E-state index contributed by atoms with van der Waals surface area (Å²) in [5.41, 5.74) is 2.91. The van der Waals surface area contributed by atoms with Gasteiger partial charge in [-0.15, -0.1) is 0 Å². The summed E-state index contributed by atoms with van der Waals surface area (Å²) in [7, 11) is 1.64. The van der Waals surface area contributed by atoms with Crippen LogP contribution in [0.5, 0.6) is 5.75 Å². The predicted molar refractivity (Wildman–Crippen MR) is 111 cm³/mol. The molecule has 0 saturated carbocycles. The third-order valence-corrected chi connectivity index (χ3v) is 5.08. The van der Waals surface area contributed by atoms with Gasteiger partial charge in [0.15, 0.2) is 0 Å². The van der Waals surface area contributed by atoms with Crippen LogP contribution in [-0.2, 0) is 6.67 Å². The highest BCUT2D eigenvalue weighted by Crippen LogP contribution is 2.20. The molecule has 28 heavy (non-hydrogen) atoms. The molecule has 3 aromatic rings. The first kappa shape index (κ1) is 18.3. The molecule has 4 rings (SSSR count). The molecule has 144 valence electrons. The van der Waals surface area contributed by atoms with Crippen LogP contribution in [0.1, 0.15) is 0 Å². The van der Waals surface area contributed by atoms with E-state index in [-0.39, 0.29) is 5.56 Å². The minimum absolute atomic E-state index is 0.0808. The number of anilines is 1. The van der Waals surface area contributed by atoms with Crippen molar-refractivity contribution < 1.29 is 4.74 Å². The van der Waals surface area contributed by atoms with E-state index in [9.17, 15) is 4.79 Å². The third-order valence-electron chi connectivity index (χ3n) is 5.08. The molecule has 0 aliphatic carbocycles. The fraction of sp³-hybridized carbons (Fsp3) is 0.273. The van der Waals surface area contributed by atoms with E-state index in [1.807, 2.05) is 30.3 Å². The fourth-order valence-corrected chi connectivity index (χ4v) is 3.44. The molecule has 0 amide bonds. The van der Waals surface area contributed by atoms with E-state index in [1.165, 1.54) is 5.69 Å². The van der Waals surface area contributed by atoms with Crippen LogP contribution < -0.4 is 15.2 Å². The number of rotatable bonds is 5. The molecule has 1 aliphatic rings. The van der Waals surface area contributed by atoms with Crippen LogP contribution in [-0.4, -0.2) is 48.0 Å². The Bertz CT molecular complexity index is 962. The molecular formula is C22H24N4O2. The molecule has 1 saturated heterocycles. The summed E-state index contributed by atoms with van der Waals surface area (Å²) in [6.45, 7) is 4.19. The summed E-state index contributed by atoms with van der Waals surface area (Å²) in [6.07, 6.45) is 0. The van der Waals surface area contributed by atoms with E-state index in [1.54, 1.807) is 23.9 Å². The Kier molecular flexibility index (Phi) is 5.39. The predicted octanol–water partition coefficient (Wildman–Crippen LogP) is 2.70. The Hall–Kier alpha value is -3.12. The van der Waals surface area contributed by atoms with Gasteiger partial charge < -0.3 is 9.64 Å². The van der Waals surface area contributed by atoms with Crippen LogP contribution in [0.25, 0.3) is 11.3 Å². The van der Waals surface area contributed by atoms with Crippen LogP contribution in [0, 0.1) is 0 Å². The second kappa shape index (κ2) is 8.27. The molecule has 2 aromatic carbocycles. The van der Waals surface area contributed by atoms with Crippen LogP contribution in [0.4, 0.5) is 5.69 Å². The van der Waals surface area contributed by atoms with E-state index in [4.69, 9.17) is 4.74 Å². The molecule has 6 heteroatoms. The highest BCUT2D eigenvalue weighted by molar-refractivity contribution is 5.59. The lowest BCUT2D eigenvalue weighted by Crippen LogP contribution is -2.48. The maximum absolute atomic E-state index is 12.3. The van der Waals surface area contributed by atoms with Crippen LogP contribution in [0.2, 0.25) is 0 Å². The number of piperazine rings is 1. The molecule has 0 atom stereocenters. The minimum atomic E-state index is -0.0808. The lowest BCUT2D eigenvalue weighted by atomic mass is 10.1. The Morgan fingerprint density at radius 2 is 1.61 bits per heavy atom. The van der Waals surface area contributed by atoms with Crippen molar-refractivity contribution in [1.29, 1.82) is 0 Å². The molecule has 0 spiro atoms. The molecule has 6 nitrogen and oxygen atoms in total. The second-order valence-corrected chi connectivity index (χ2v) is 6.87. The maximum Gasteiger partial charge on any atom is 0.268 e. The van der Waals surface area contributed by atoms with Gasteiger partial charge in [-0.05, 0) is 42.5 Å². The highest BCUT2D eigenvalue weighted by atomic mass is 16.5. The number of benzene rings is 2. The Morgan fingerprint density at radius 3 is 2.29 bits per heavy atom. The minimum Gasteiger partial charge on any atom is -0.497 e. The van der Waals surface area contributed by atoms with Gasteiger partial charge in [-0.2, -0.15) is 5.10 Å². The first-order chi connectivity index (χ1) is 13.7.